The van der Waals surface area contributed by atoms with Crippen molar-refractivity contribution in [1.82, 2.24) is 0 Å². The third-order valence-electron chi connectivity index (χ3n) is 3.73. The highest BCUT2D eigenvalue weighted by molar-refractivity contribution is 5.96. The molecule has 0 aliphatic carbocycles. The predicted octanol–water partition coefficient (Wildman–Crippen LogP) is 3.12. The Labute approximate surface area is 152 Å². The summed E-state index contributed by atoms with van der Waals surface area (Å²) in [4.78, 5) is 24.1. The van der Waals surface area contributed by atoms with E-state index in [-0.39, 0.29) is 6.61 Å². The lowest BCUT2D eigenvalue weighted by Gasteiger charge is -2.15. The summed E-state index contributed by atoms with van der Waals surface area (Å²) >= 11 is 0. The van der Waals surface area contributed by atoms with E-state index in [2.05, 4.69) is 5.32 Å². The molecule has 0 unspecified atom stereocenters. The topological polar surface area (TPSA) is 88.4 Å². The Morgan fingerprint density at radius 1 is 1.12 bits per heavy atom. The molecular formula is C20H20N2O4. The zero-order valence-corrected chi connectivity index (χ0v) is 14.9. The highest BCUT2D eigenvalue weighted by Crippen LogP contribution is 2.22. The standard InChI is InChI=1S/C20H20N2O4/c1-13-7-6-8-14(2)19(13)25-12-18(23)26-15(3)20(24)22-17-10-5-4-9-16(17)11-21/h4-10,15H,12H2,1-3H3,(H,22,24)/t15-/m1/s1. The molecule has 0 aliphatic rings. The Morgan fingerprint density at radius 2 is 1.77 bits per heavy atom. The molecular weight excluding hydrogens is 332 g/mol. The molecule has 6 nitrogen and oxygen atoms in total. The minimum absolute atomic E-state index is 0.294. The van der Waals surface area contributed by atoms with Gasteiger partial charge in [0.2, 0.25) is 0 Å². The zero-order chi connectivity index (χ0) is 19.1. The van der Waals surface area contributed by atoms with Gasteiger partial charge in [0.05, 0.1) is 11.3 Å². The van der Waals surface area contributed by atoms with Crippen LogP contribution < -0.4 is 10.1 Å². The van der Waals surface area contributed by atoms with Crippen LogP contribution >= 0.6 is 0 Å². The number of nitriles is 1. The average Bonchev–Trinajstić information content (AvgIpc) is 2.61. The van der Waals surface area contributed by atoms with E-state index in [1.807, 2.05) is 38.1 Å². The van der Waals surface area contributed by atoms with Crippen molar-refractivity contribution in [3.63, 3.8) is 0 Å². The summed E-state index contributed by atoms with van der Waals surface area (Å²) in [6, 6.07) is 14.3. The molecule has 0 bridgehead atoms. The van der Waals surface area contributed by atoms with Crippen LogP contribution in [0.5, 0.6) is 5.75 Å². The smallest absolute Gasteiger partial charge is 0.344 e. The van der Waals surface area contributed by atoms with Gasteiger partial charge in [-0.25, -0.2) is 4.79 Å². The summed E-state index contributed by atoms with van der Waals surface area (Å²) in [5, 5.41) is 11.6. The van der Waals surface area contributed by atoms with Gasteiger partial charge < -0.3 is 14.8 Å². The minimum Gasteiger partial charge on any atom is -0.481 e. The number of hydrogen-bond donors (Lipinski definition) is 1. The minimum atomic E-state index is -1.02. The van der Waals surface area contributed by atoms with Crippen molar-refractivity contribution in [2.24, 2.45) is 0 Å². The second-order valence-corrected chi connectivity index (χ2v) is 5.79. The third kappa shape index (κ3) is 4.84. The monoisotopic (exact) mass is 352 g/mol. The van der Waals surface area contributed by atoms with Crippen LogP contribution in [0, 0.1) is 25.2 Å². The molecule has 0 radical (unpaired) electrons. The summed E-state index contributed by atoms with van der Waals surface area (Å²) < 4.78 is 10.6. The number of nitrogens with one attached hydrogen (secondary N) is 1. The molecule has 0 heterocycles. The Balaban J connectivity index is 1.90. The van der Waals surface area contributed by atoms with Crippen molar-refractivity contribution < 1.29 is 19.1 Å². The van der Waals surface area contributed by atoms with Crippen LogP contribution in [0.25, 0.3) is 0 Å². The molecule has 1 amide bonds. The van der Waals surface area contributed by atoms with Crippen LogP contribution in [0.2, 0.25) is 0 Å². The van der Waals surface area contributed by atoms with Gasteiger partial charge in [0.15, 0.2) is 12.7 Å². The summed E-state index contributed by atoms with van der Waals surface area (Å²) in [6.45, 7) is 4.94. The largest absolute Gasteiger partial charge is 0.481 e. The fraction of sp³-hybridized carbons (Fsp3) is 0.250. The number of nitrogens with zero attached hydrogens (tertiary/aromatic N) is 1. The van der Waals surface area contributed by atoms with Crippen LogP contribution in [-0.2, 0) is 14.3 Å². The van der Waals surface area contributed by atoms with E-state index in [9.17, 15) is 9.59 Å². The average molecular weight is 352 g/mol. The summed E-state index contributed by atoms with van der Waals surface area (Å²) in [5.74, 6) is -0.540. The van der Waals surface area contributed by atoms with E-state index in [0.29, 0.717) is 17.0 Å². The number of anilines is 1. The van der Waals surface area contributed by atoms with Gasteiger partial charge in [-0.3, -0.25) is 4.79 Å². The Morgan fingerprint density at radius 3 is 2.42 bits per heavy atom. The summed E-state index contributed by atoms with van der Waals surface area (Å²) in [5.41, 5.74) is 2.53. The van der Waals surface area contributed by atoms with E-state index >= 15 is 0 Å². The molecule has 0 fully saturated rings. The van der Waals surface area contributed by atoms with Gasteiger partial charge in [0, 0.05) is 0 Å². The lowest BCUT2D eigenvalue weighted by atomic mass is 10.1. The second-order valence-electron chi connectivity index (χ2n) is 5.79. The molecule has 134 valence electrons. The molecule has 0 saturated carbocycles. The number of rotatable bonds is 6. The lowest BCUT2D eigenvalue weighted by molar-refractivity contribution is -0.155. The molecule has 1 atom stereocenters. The van der Waals surface area contributed by atoms with Crippen molar-refractivity contribution in [2.45, 2.75) is 26.9 Å². The zero-order valence-electron chi connectivity index (χ0n) is 14.9. The Kier molecular flexibility index (Phi) is 6.34. The molecule has 26 heavy (non-hydrogen) atoms. The first-order valence-electron chi connectivity index (χ1n) is 8.11. The Bertz CT molecular complexity index is 835. The summed E-state index contributed by atoms with van der Waals surface area (Å²) in [6.07, 6.45) is -1.02. The van der Waals surface area contributed by atoms with Crippen LogP contribution in [0.3, 0.4) is 0 Å². The van der Waals surface area contributed by atoms with Crippen molar-refractivity contribution in [3.8, 4) is 11.8 Å². The maximum atomic E-state index is 12.2. The molecule has 6 heteroatoms. The predicted molar refractivity (Wildman–Crippen MR) is 96.8 cm³/mol. The van der Waals surface area contributed by atoms with Crippen LogP contribution in [-0.4, -0.2) is 24.6 Å². The maximum absolute atomic E-state index is 12.2. The normalized spacial score (nSPS) is 11.2. The van der Waals surface area contributed by atoms with E-state index in [1.54, 1.807) is 24.3 Å². The lowest BCUT2D eigenvalue weighted by Crippen LogP contribution is -2.32. The number of aryl methyl sites for hydroxylation is 2. The van der Waals surface area contributed by atoms with E-state index in [0.717, 1.165) is 11.1 Å². The quantitative estimate of drug-likeness (QED) is 0.807. The van der Waals surface area contributed by atoms with Gasteiger partial charge in [-0.05, 0) is 44.0 Å². The van der Waals surface area contributed by atoms with Crippen molar-refractivity contribution >= 4 is 17.6 Å². The molecule has 2 aromatic rings. The highest BCUT2D eigenvalue weighted by atomic mass is 16.6. The number of para-hydroxylation sites is 2. The van der Waals surface area contributed by atoms with Gasteiger partial charge in [0.25, 0.3) is 5.91 Å². The van der Waals surface area contributed by atoms with Crippen molar-refractivity contribution in [3.05, 3.63) is 59.2 Å². The number of amides is 1. The van der Waals surface area contributed by atoms with Gasteiger partial charge in [-0.1, -0.05) is 30.3 Å². The van der Waals surface area contributed by atoms with E-state index < -0.39 is 18.0 Å². The molecule has 2 rings (SSSR count). The summed E-state index contributed by atoms with van der Waals surface area (Å²) in [7, 11) is 0. The molecule has 2 aromatic carbocycles. The fourth-order valence-corrected chi connectivity index (χ4v) is 2.37. The number of hydrogen-bond acceptors (Lipinski definition) is 5. The first-order chi connectivity index (χ1) is 12.4. The highest BCUT2D eigenvalue weighted by Gasteiger charge is 2.19. The van der Waals surface area contributed by atoms with E-state index in [1.165, 1.54) is 6.92 Å². The fourth-order valence-electron chi connectivity index (χ4n) is 2.37. The molecule has 0 aromatic heterocycles. The third-order valence-corrected chi connectivity index (χ3v) is 3.73. The van der Waals surface area contributed by atoms with Gasteiger partial charge >= 0.3 is 5.97 Å². The number of carbonyl (C=O) groups excluding carboxylic acids is 2. The molecule has 0 saturated heterocycles. The molecule has 0 aliphatic heterocycles. The number of benzene rings is 2. The van der Waals surface area contributed by atoms with Gasteiger partial charge in [-0.2, -0.15) is 5.26 Å². The van der Waals surface area contributed by atoms with Gasteiger partial charge in [-0.15, -0.1) is 0 Å². The first-order valence-corrected chi connectivity index (χ1v) is 8.11. The van der Waals surface area contributed by atoms with Crippen LogP contribution in [0.4, 0.5) is 5.69 Å². The maximum Gasteiger partial charge on any atom is 0.344 e. The molecule has 1 N–H and O–H groups in total. The van der Waals surface area contributed by atoms with Crippen LogP contribution in [0.1, 0.15) is 23.6 Å². The first kappa shape index (κ1) is 19.0. The van der Waals surface area contributed by atoms with Crippen molar-refractivity contribution in [1.29, 1.82) is 5.26 Å². The molecule has 0 spiro atoms. The number of esters is 1. The Hall–Kier alpha value is -3.33. The van der Waals surface area contributed by atoms with Gasteiger partial charge in [0.1, 0.15) is 11.8 Å². The number of ether oxygens (including phenoxy) is 2. The SMILES string of the molecule is Cc1cccc(C)c1OCC(=O)O[C@H](C)C(=O)Nc1ccccc1C#N. The number of carbonyl (C=O) groups is 2. The van der Waals surface area contributed by atoms with Crippen molar-refractivity contribution in [2.75, 3.05) is 11.9 Å². The second kappa shape index (κ2) is 8.67. The van der Waals surface area contributed by atoms with Crippen LogP contribution in [0.15, 0.2) is 42.5 Å². The van der Waals surface area contributed by atoms with E-state index in [4.69, 9.17) is 14.7 Å².